The topological polar surface area (TPSA) is 86.5 Å². The van der Waals surface area contributed by atoms with Gasteiger partial charge in [-0.1, -0.05) is 18.2 Å². The molecule has 0 aliphatic carbocycles. The number of nitrogens with zero attached hydrogens (tertiary/aromatic N) is 3. The predicted molar refractivity (Wildman–Crippen MR) is 76.4 cm³/mol. The van der Waals surface area contributed by atoms with Crippen LogP contribution in [0.15, 0.2) is 42.5 Å². The van der Waals surface area contributed by atoms with Crippen molar-refractivity contribution < 1.29 is 4.92 Å². The molecule has 0 amide bonds. The van der Waals surface area contributed by atoms with Crippen LogP contribution in [0.1, 0.15) is 5.69 Å². The van der Waals surface area contributed by atoms with E-state index < -0.39 is 4.92 Å². The first-order valence-corrected chi connectivity index (χ1v) is 6.06. The lowest BCUT2D eigenvalue weighted by Crippen LogP contribution is -1.97. The summed E-state index contributed by atoms with van der Waals surface area (Å²) in [5.74, 6) is 0.485. The highest BCUT2D eigenvalue weighted by atomic mass is 16.6. The van der Waals surface area contributed by atoms with Crippen LogP contribution in [-0.4, -0.2) is 14.3 Å². The van der Waals surface area contributed by atoms with E-state index in [-0.39, 0.29) is 5.69 Å². The van der Waals surface area contributed by atoms with Gasteiger partial charge in [0.25, 0.3) is 5.69 Å². The quantitative estimate of drug-likeness (QED) is 0.572. The molecule has 2 N–H and O–H groups in total. The monoisotopic (exact) mass is 268 g/mol. The van der Waals surface area contributed by atoms with Gasteiger partial charge in [-0.15, -0.1) is 0 Å². The lowest BCUT2D eigenvalue weighted by Gasteiger charge is -2.02. The minimum atomic E-state index is -0.430. The number of non-ortho nitro benzene ring substituents is 1. The molecule has 0 atom stereocenters. The van der Waals surface area contributed by atoms with Crippen molar-refractivity contribution in [3.8, 4) is 11.3 Å². The van der Waals surface area contributed by atoms with Gasteiger partial charge >= 0.3 is 0 Å². The molecule has 1 aromatic carbocycles. The maximum Gasteiger partial charge on any atom is 0.270 e. The number of imidazole rings is 1. The molecule has 2 heterocycles. The Morgan fingerprint density at radius 1 is 1.25 bits per heavy atom. The number of pyridine rings is 1. The van der Waals surface area contributed by atoms with Crippen LogP contribution >= 0.6 is 0 Å². The van der Waals surface area contributed by atoms with Gasteiger partial charge in [-0.05, 0) is 19.1 Å². The molecule has 3 aromatic rings. The molecule has 20 heavy (non-hydrogen) atoms. The van der Waals surface area contributed by atoms with Crippen LogP contribution in [0.2, 0.25) is 0 Å². The van der Waals surface area contributed by atoms with Crippen molar-refractivity contribution in [1.29, 1.82) is 0 Å². The summed E-state index contributed by atoms with van der Waals surface area (Å²) in [5.41, 5.74) is 9.04. The Balaban J connectivity index is 2.25. The number of hydrogen-bond donors (Lipinski definition) is 1. The molecule has 2 aromatic heterocycles. The van der Waals surface area contributed by atoms with Crippen LogP contribution in [0.3, 0.4) is 0 Å². The lowest BCUT2D eigenvalue weighted by atomic mass is 10.1. The van der Waals surface area contributed by atoms with Gasteiger partial charge in [-0.2, -0.15) is 0 Å². The van der Waals surface area contributed by atoms with Crippen LogP contribution < -0.4 is 5.73 Å². The number of hydrogen-bond acceptors (Lipinski definition) is 4. The summed E-state index contributed by atoms with van der Waals surface area (Å²) in [5, 5.41) is 10.8. The van der Waals surface area contributed by atoms with Crippen molar-refractivity contribution in [2.24, 2.45) is 0 Å². The molecule has 0 aliphatic rings. The minimum absolute atomic E-state index is 0.0238. The minimum Gasteiger partial charge on any atom is -0.383 e. The fraction of sp³-hybridized carbons (Fsp3) is 0.0714. The zero-order valence-corrected chi connectivity index (χ0v) is 10.8. The van der Waals surface area contributed by atoms with E-state index in [1.807, 2.05) is 29.5 Å². The van der Waals surface area contributed by atoms with Gasteiger partial charge < -0.3 is 5.73 Å². The van der Waals surface area contributed by atoms with E-state index >= 15 is 0 Å². The Bertz CT molecular complexity index is 823. The van der Waals surface area contributed by atoms with E-state index in [0.29, 0.717) is 17.1 Å². The zero-order chi connectivity index (χ0) is 14.3. The van der Waals surface area contributed by atoms with Crippen LogP contribution in [0.25, 0.3) is 16.9 Å². The second-order valence-corrected chi connectivity index (χ2v) is 4.51. The first-order valence-electron chi connectivity index (χ1n) is 6.06. The maximum atomic E-state index is 10.8. The first-order chi connectivity index (χ1) is 9.58. The van der Waals surface area contributed by atoms with E-state index in [4.69, 9.17) is 5.73 Å². The summed E-state index contributed by atoms with van der Waals surface area (Å²) in [4.78, 5) is 14.9. The highest BCUT2D eigenvalue weighted by molar-refractivity contribution is 5.76. The average Bonchev–Trinajstić information content (AvgIpc) is 2.77. The summed E-state index contributed by atoms with van der Waals surface area (Å²) in [7, 11) is 0. The molecule has 0 aliphatic heterocycles. The number of fused-ring (bicyclic) bond motifs is 1. The number of nitrogens with two attached hydrogens (primary N) is 1. The number of nitrogen functional groups attached to an aromatic ring is 1. The van der Waals surface area contributed by atoms with Gasteiger partial charge in [0.15, 0.2) is 0 Å². The highest BCUT2D eigenvalue weighted by Crippen LogP contribution is 2.29. The summed E-state index contributed by atoms with van der Waals surface area (Å²) < 4.78 is 1.83. The van der Waals surface area contributed by atoms with Crippen molar-refractivity contribution >= 4 is 17.2 Å². The molecule has 3 rings (SSSR count). The number of aromatic nitrogens is 2. The number of benzene rings is 1. The fourth-order valence-electron chi connectivity index (χ4n) is 2.26. The molecule has 100 valence electrons. The van der Waals surface area contributed by atoms with E-state index in [0.717, 1.165) is 11.3 Å². The second-order valence-electron chi connectivity index (χ2n) is 4.51. The van der Waals surface area contributed by atoms with E-state index in [1.165, 1.54) is 12.1 Å². The van der Waals surface area contributed by atoms with Gasteiger partial charge in [0.2, 0.25) is 0 Å². The van der Waals surface area contributed by atoms with Crippen molar-refractivity contribution in [2.75, 3.05) is 5.73 Å². The molecule has 0 saturated carbocycles. The van der Waals surface area contributed by atoms with Gasteiger partial charge in [0.05, 0.1) is 4.92 Å². The van der Waals surface area contributed by atoms with Crippen LogP contribution in [-0.2, 0) is 0 Å². The van der Waals surface area contributed by atoms with E-state index in [9.17, 15) is 10.1 Å². The number of rotatable bonds is 2. The first kappa shape index (κ1) is 12.2. The van der Waals surface area contributed by atoms with Crippen LogP contribution in [0.5, 0.6) is 0 Å². The van der Waals surface area contributed by atoms with Crippen molar-refractivity contribution in [3.05, 3.63) is 58.3 Å². The molecular formula is C14H12N4O2. The Kier molecular flexibility index (Phi) is 2.64. The van der Waals surface area contributed by atoms with Crippen molar-refractivity contribution in [1.82, 2.24) is 9.38 Å². The van der Waals surface area contributed by atoms with Gasteiger partial charge in [-0.3, -0.25) is 14.5 Å². The molecule has 0 saturated heterocycles. The standard InChI is InChI=1S/C14H12N4O2/c1-9-4-2-7-12-16-13(14(15)17(9)12)10-5-3-6-11(8-10)18(19)20/h2-8H,15H2,1H3. The Morgan fingerprint density at radius 3 is 2.70 bits per heavy atom. The number of aryl methyl sites for hydroxylation is 1. The zero-order valence-electron chi connectivity index (χ0n) is 10.8. The van der Waals surface area contributed by atoms with Crippen molar-refractivity contribution in [2.45, 2.75) is 6.92 Å². The van der Waals surface area contributed by atoms with Gasteiger partial charge in [0, 0.05) is 23.4 Å². The van der Waals surface area contributed by atoms with Gasteiger partial charge in [-0.25, -0.2) is 4.98 Å². The SMILES string of the molecule is Cc1cccc2nc(-c3cccc([N+](=O)[O-])c3)c(N)n12. The third-order valence-electron chi connectivity index (χ3n) is 3.20. The molecule has 0 bridgehead atoms. The Morgan fingerprint density at radius 2 is 2.00 bits per heavy atom. The highest BCUT2D eigenvalue weighted by Gasteiger charge is 2.15. The van der Waals surface area contributed by atoms with E-state index in [2.05, 4.69) is 4.98 Å². The largest absolute Gasteiger partial charge is 0.383 e. The molecule has 0 fully saturated rings. The molecule has 0 spiro atoms. The van der Waals surface area contributed by atoms with Crippen molar-refractivity contribution in [3.63, 3.8) is 0 Å². The number of nitro groups is 1. The predicted octanol–water partition coefficient (Wildman–Crippen LogP) is 2.80. The third-order valence-corrected chi connectivity index (χ3v) is 3.20. The molecular weight excluding hydrogens is 256 g/mol. The van der Waals surface area contributed by atoms with Crippen LogP contribution in [0.4, 0.5) is 11.5 Å². The molecule has 0 unspecified atom stereocenters. The van der Waals surface area contributed by atoms with Gasteiger partial charge in [0.1, 0.15) is 17.2 Å². The van der Waals surface area contributed by atoms with Crippen LogP contribution in [0, 0.1) is 17.0 Å². The number of anilines is 1. The summed E-state index contributed by atoms with van der Waals surface area (Å²) >= 11 is 0. The number of nitro benzene ring substituents is 1. The Labute approximate surface area is 114 Å². The fourth-order valence-corrected chi connectivity index (χ4v) is 2.26. The maximum absolute atomic E-state index is 10.8. The Hall–Kier alpha value is -2.89. The second kappa shape index (κ2) is 4.34. The third kappa shape index (κ3) is 1.78. The average molecular weight is 268 g/mol. The summed E-state index contributed by atoms with van der Waals surface area (Å²) in [6.45, 7) is 1.93. The molecule has 6 heteroatoms. The normalized spacial score (nSPS) is 10.8. The lowest BCUT2D eigenvalue weighted by molar-refractivity contribution is -0.384. The summed E-state index contributed by atoms with van der Waals surface area (Å²) in [6, 6.07) is 12.0. The summed E-state index contributed by atoms with van der Waals surface area (Å²) in [6.07, 6.45) is 0. The molecule has 6 nitrogen and oxygen atoms in total. The smallest absolute Gasteiger partial charge is 0.270 e. The molecule has 0 radical (unpaired) electrons. The van der Waals surface area contributed by atoms with E-state index in [1.54, 1.807) is 12.1 Å².